The number of fused-ring (bicyclic) bond motifs is 1. The lowest BCUT2D eigenvalue weighted by atomic mass is 10.1. The molecule has 0 saturated carbocycles. The van der Waals surface area contributed by atoms with E-state index >= 15 is 0 Å². The van der Waals surface area contributed by atoms with E-state index in [0.717, 1.165) is 6.42 Å². The van der Waals surface area contributed by atoms with Crippen LogP contribution in [0.1, 0.15) is 18.1 Å². The third-order valence-corrected chi connectivity index (χ3v) is 4.36. The van der Waals surface area contributed by atoms with Crippen molar-refractivity contribution >= 4 is 33.2 Å². The largest absolute Gasteiger partial charge is 0.143 e. The molecular weight excluding hydrogens is 208 g/mol. The molecule has 0 fully saturated rings. The van der Waals surface area contributed by atoms with Crippen molar-refractivity contribution in [2.45, 2.75) is 25.2 Å². The molecule has 1 heterocycles. The van der Waals surface area contributed by atoms with E-state index in [4.69, 9.17) is 0 Å². The van der Waals surface area contributed by atoms with Crippen LogP contribution in [0.2, 0.25) is 0 Å². The maximum atomic E-state index is 2.32. The molecule has 0 aliphatic heterocycles. The van der Waals surface area contributed by atoms with Gasteiger partial charge in [-0.1, -0.05) is 6.92 Å². The Labute approximate surface area is 93.3 Å². The van der Waals surface area contributed by atoms with Gasteiger partial charge >= 0.3 is 0 Å². The summed E-state index contributed by atoms with van der Waals surface area (Å²) >= 11 is 3.73. The van der Waals surface area contributed by atoms with Gasteiger partial charge in [0.25, 0.3) is 0 Å². The third kappa shape index (κ3) is 1.47. The van der Waals surface area contributed by atoms with Gasteiger partial charge in [-0.2, -0.15) is 0 Å². The number of thiophene rings is 1. The number of aryl methyl sites for hydroxylation is 2. The molecule has 0 amide bonds. The normalized spacial score (nSPS) is 11.1. The maximum Gasteiger partial charge on any atom is 0.0388 e. The second-order valence-electron chi connectivity index (χ2n) is 3.39. The molecule has 0 aliphatic carbocycles. The Bertz CT molecular complexity index is 455. The van der Waals surface area contributed by atoms with Crippen molar-refractivity contribution in [2.75, 3.05) is 6.26 Å². The molecule has 0 unspecified atom stereocenters. The Morgan fingerprint density at radius 1 is 1.43 bits per heavy atom. The van der Waals surface area contributed by atoms with Crippen LogP contribution in [-0.4, -0.2) is 6.26 Å². The molecule has 0 nitrogen and oxygen atoms in total. The SMILES string of the molecule is CCc1c(SC)cc(C)c2ccsc12. The average Bonchev–Trinajstić information content (AvgIpc) is 2.66. The van der Waals surface area contributed by atoms with Crippen LogP contribution in [0.4, 0.5) is 0 Å². The predicted octanol–water partition coefficient (Wildman–Crippen LogP) is 4.49. The van der Waals surface area contributed by atoms with E-state index in [1.54, 1.807) is 0 Å². The molecule has 1 aromatic heterocycles. The molecule has 0 spiro atoms. The summed E-state index contributed by atoms with van der Waals surface area (Å²) in [5, 5.41) is 3.63. The Morgan fingerprint density at radius 2 is 2.21 bits per heavy atom. The van der Waals surface area contributed by atoms with Crippen LogP contribution in [0.25, 0.3) is 10.1 Å². The topological polar surface area (TPSA) is 0 Å². The van der Waals surface area contributed by atoms with Crippen LogP contribution < -0.4 is 0 Å². The molecule has 2 aromatic rings. The van der Waals surface area contributed by atoms with Gasteiger partial charge in [0.2, 0.25) is 0 Å². The zero-order valence-corrected chi connectivity index (χ0v) is 10.4. The van der Waals surface area contributed by atoms with Crippen molar-refractivity contribution < 1.29 is 0 Å². The van der Waals surface area contributed by atoms with Crippen molar-refractivity contribution in [3.8, 4) is 0 Å². The number of benzene rings is 1. The molecular formula is C12H14S2. The van der Waals surface area contributed by atoms with E-state index in [2.05, 4.69) is 37.6 Å². The number of rotatable bonds is 2. The van der Waals surface area contributed by atoms with Gasteiger partial charge in [-0.15, -0.1) is 23.1 Å². The van der Waals surface area contributed by atoms with Crippen molar-refractivity contribution in [3.05, 3.63) is 28.6 Å². The van der Waals surface area contributed by atoms with Crippen LogP contribution in [-0.2, 0) is 6.42 Å². The molecule has 2 rings (SSSR count). The minimum Gasteiger partial charge on any atom is -0.143 e. The molecule has 74 valence electrons. The van der Waals surface area contributed by atoms with Gasteiger partial charge in [-0.05, 0) is 53.6 Å². The van der Waals surface area contributed by atoms with E-state index in [-0.39, 0.29) is 0 Å². The summed E-state index contributed by atoms with van der Waals surface area (Å²) in [7, 11) is 0. The summed E-state index contributed by atoms with van der Waals surface area (Å²) in [6.07, 6.45) is 3.29. The fraction of sp³-hybridized carbons (Fsp3) is 0.333. The first-order valence-corrected chi connectivity index (χ1v) is 6.92. The summed E-state index contributed by atoms with van der Waals surface area (Å²) in [4.78, 5) is 1.44. The number of thioether (sulfide) groups is 1. The first kappa shape index (κ1) is 10.1. The second kappa shape index (κ2) is 3.95. The van der Waals surface area contributed by atoms with Gasteiger partial charge in [-0.3, -0.25) is 0 Å². The highest BCUT2D eigenvalue weighted by molar-refractivity contribution is 7.98. The van der Waals surface area contributed by atoms with Gasteiger partial charge in [-0.25, -0.2) is 0 Å². The molecule has 1 aromatic carbocycles. The summed E-state index contributed by atoms with van der Waals surface area (Å²) in [5.41, 5.74) is 2.93. The van der Waals surface area contributed by atoms with Crippen LogP contribution in [0.15, 0.2) is 22.4 Å². The number of hydrogen-bond acceptors (Lipinski definition) is 2. The Morgan fingerprint density at radius 3 is 2.86 bits per heavy atom. The van der Waals surface area contributed by atoms with Crippen molar-refractivity contribution in [3.63, 3.8) is 0 Å². The summed E-state index contributed by atoms with van der Waals surface area (Å²) in [5.74, 6) is 0. The first-order chi connectivity index (χ1) is 6.77. The van der Waals surface area contributed by atoms with E-state index in [9.17, 15) is 0 Å². The smallest absolute Gasteiger partial charge is 0.0388 e. The highest BCUT2D eigenvalue weighted by Gasteiger charge is 2.08. The zero-order valence-electron chi connectivity index (χ0n) is 8.76. The zero-order chi connectivity index (χ0) is 10.1. The third-order valence-electron chi connectivity index (χ3n) is 2.58. The van der Waals surface area contributed by atoms with Crippen LogP contribution in [0.5, 0.6) is 0 Å². The molecule has 0 bridgehead atoms. The van der Waals surface area contributed by atoms with Gasteiger partial charge in [0.15, 0.2) is 0 Å². The Balaban J connectivity index is 2.82. The van der Waals surface area contributed by atoms with E-state index < -0.39 is 0 Å². The average molecular weight is 222 g/mol. The summed E-state index contributed by atoms with van der Waals surface area (Å²) in [6.45, 7) is 4.44. The maximum absolute atomic E-state index is 2.32. The lowest BCUT2D eigenvalue weighted by Gasteiger charge is -2.08. The van der Waals surface area contributed by atoms with E-state index in [1.165, 1.54) is 26.1 Å². The molecule has 0 radical (unpaired) electrons. The molecule has 14 heavy (non-hydrogen) atoms. The molecule has 0 atom stereocenters. The Hall–Kier alpha value is -0.470. The lowest BCUT2D eigenvalue weighted by Crippen LogP contribution is -1.87. The highest BCUT2D eigenvalue weighted by Crippen LogP contribution is 2.34. The fourth-order valence-corrected chi connectivity index (χ4v) is 3.79. The summed E-state index contributed by atoms with van der Waals surface area (Å²) in [6, 6.07) is 4.55. The van der Waals surface area contributed by atoms with Crippen LogP contribution >= 0.6 is 23.1 Å². The van der Waals surface area contributed by atoms with Gasteiger partial charge in [0.1, 0.15) is 0 Å². The molecule has 0 saturated heterocycles. The molecule has 0 aliphatic rings. The molecule has 0 N–H and O–H groups in total. The minimum absolute atomic E-state index is 1.13. The van der Waals surface area contributed by atoms with Gasteiger partial charge in [0, 0.05) is 9.60 Å². The highest BCUT2D eigenvalue weighted by atomic mass is 32.2. The van der Waals surface area contributed by atoms with E-state index in [0.29, 0.717) is 0 Å². The van der Waals surface area contributed by atoms with Crippen LogP contribution in [0.3, 0.4) is 0 Å². The van der Waals surface area contributed by atoms with Gasteiger partial charge in [0.05, 0.1) is 0 Å². The summed E-state index contributed by atoms with van der Waals surface area (Å²) < 4.78 is 1.48. The molecule has 2 heteroatoms. The van der Waals surface area contributed by atoms with Crippen molar-refractivity contribution in [1.82, 2.24) is 0 Å². The monoisotopic (exact) mass is 222 g/mol. The van der Waals surface area contributed by atoms with E-state index in [1.807, 2.05) is 23.1 Å². The lowest BCUT2D eigenvalue weighted by molar-refractivity contribution is 1.10. The van der Waals surface area contributed by atoms with Crippen molar-refractivity contribution in [1.29, 1.82) is 0 Å². The minimum atomic E-state index is 1.13. The van der Waals surface area contributed by atoms with Crippen LogP contribution in [0, 0.1) is 6.92 Å². The first-order valence-electron chi connectivity index (χ1n) is 4.81. The standard InChI is InChI=1S/C12H14S2/c1-4-9-11(13-3)7-8(2)10-5-6-14-12(9)10/h5-7H,4H2,1-3H3. The second-order valence-corrected chi connectivity index (χ2v) is 5.16. The predicted molar refractivity (Wildman–Crippen MR) is 67.7 cm³/mol. The van der Waals surface area contributed by atoms with Gasteiger partial charge < -0.3 is 0 Å². The quantitative estimate of drug-likeness (QED) is 0.674. The Kier molecular flexibility index (Phi) is 2.84. The number of hydrogen-bond donors (Lipinski definition) is 0. The van der Waals surface area contributed by atoms with Crippen molar-refractivity contribution in [2.24, 2.45) is 0 Å². The fourth-order valence-electron chi connectivity index (χ4n) is 1.84.